The number of nitrogens with one attached hydrogen (secondary N) is 2. The van der Waals surface area contributed by atoms with Crippen molar-refractivity contribution < 1.29 is 24.2 Å². The van der Waals surface area contributed by atoms with Crippen molar-refractivity contribution >= 4 is 23.6 Å². The van der Waals surface area contributed by atoms with Gasteiger partial charge in [-0.2, -0.15) is 0 Å². The summed E-state index contributed by atoms with van der Waals surface area (Å²) in [6, 6.07) is 17.2. The number of unbranched alkanes of at least 4 members (excludes halogenated alkanes) is 5. The van der Waals surface area contributed by atoms with Gasteiger partial charge in [-0.1, -0.05) is 93.5 Å². The summed E-state index contributed by atoms with van der Waals surface area (Å²) >= 11 is 0. The second-order valence-electron chi connectivity index (χ2n) is 13.3. The molecule has 0 bridgehead atoms. The van der Waals surface area contributed by atoms with Crippen molar-refractivity contribution in [2.45, 2.75) is 104 Å². The van der Waals surface area contributed by atoms with Crippen LogP contribution >= 0.6 is 0 Å². The lowest BCUT2D eigenvalue weighted by Crippen LogP contribution is -2.53. The smallest absolute Gasteiger partial charge is 0.408 e. The van der Waals surface area contributed by atoms with Crippen LogP contribution in [0.25, 0.3) is 0 Å². The molecule has 2 unspecified atom stereocenters. The number of anilines is 1. The first-order chi connectivity index (χ1) is 22.8. The number of hydrogen-bond donors (Lipinski definition) is 3. The number of alkyl carbamates (subject to hydrolysis) is 1. The van der Waals surface area contributed by atoms with Crippen LogP contribution in [0, 0.1) is 26.2 Å². The quantitative estimate of drug-likeness (QED) is 0.114. The zero-order valence-electron chi connectivity index (χ0n) is 29.3. The number of amides is 3. The molecule has 8 nitrogen and oxygen atoms in total. The van der Waals surface area contributed by atoms with E-state index in [9.17, 15) is 19.5 Å². The van der Waals surface area contributed by atoms with Gasteiger partial charge in [0.1, 0.15) is 23.4 Å². The van der Waals surface area contributed by atoms with Crippen LogP contribution in [0.1, 0.15) is 100 Å². The molecule has 3 rings (SSSR count). The van der Waals surface area contributed by atoms with Gasteiger partial charge in [0, 0.05) is 24.2 Å². The van der Waals surface area contributed by atoms with Gasteiger partial charge in [-0.3, -0.25) is 9.59 Å². The Labute approximate surface area is 286 Å². The number of aryl methyl sites for hydroxylation is 2. The van der Waals surface area contributed by atoms with E-state index in [4.69, 9.17) is 11.2 Å². The minimum absolute atomic E-state index is 0.0838. The number of rotatable bonds is 15. The van der Waals surface area contributed by atoms with E-state index in [-0.39, 0.29) is 18.7 Å². The number of terminal acetylenes is 1. The Morgan fingerprint density at radius 3 is 2.15 bits per heavy atom. The van der Waals surface area contributed by atoms with Gasteiger partial charge in [0.25, 0.3) is 5.91 Å². The number of phenols is 1. The van der Waals surface area contributed by atoms with Crippen molar-refractivity contribution in [3.05, 3.63) is 94.5 Å². The molecule has 256 valence electrons. The summed E-state index contributed by atoms with van der Waals surface area (Å²) in [6.45, 7) is 11.5. The van der Waals surface area contributed by atoms with Crippen molar-refractivity contribution in [2.24, 2.45) is 0 Å². The van der Waals surface area contributed by atoms with Gasteiger partial charge in [-0.15, -0.1) is 6.42 Å². The van der Waals surface area contributed by atoms with Crippen molar-refractivity contribution in [3.8, 4) is 18.1 Å². The van der Waals surface area contributed by atoms with Crippen LogP contribution in [-0.4, -0.2) is 46.1 Å². The average molecular weight is 654 g/mol. The monoisotopic (exact) mass is 653 g/mol. The van der Waals surface area contributed by atoms with Crippen molar-refractivity contribution in [3.63, 3.8) is 0 Å². The molecular formula is C40H51N3O5. The highest BCUT2D eigenvalue weighted by Crippen LogP contribution is 2.30. The first kappa shape index (κ1) is 37.7. The Kier molecular flexibility index (Phi) is 14.1. The van der Waals surface area contributed by atoms with Crippen LogP contribution in [-0.2, 0) is 20.7 Å². The Balaban J connectivity index is 2.13. The van der Waals surface area contributed by atoms with E-state index < -0.39 is 35.6 Å². The zero-order valence-corrected chi connectivity index (χ0v) is 29.3. The molecule has 0 radical (unpaired) electrons. The topological polar surface area (TPSA) is 108 Å². The molecule has 3 aromatic carbocycles. The SMILES string of the molecule is C#Cc1ccccc1C(C(=O)Nc1c(C)cccc1C)N(CCCCCCCC)C(=O)C(Cc1ccc(O)cc1)NC(=O)OC(C)(C)C. The third kappa shape index (κ3) is 11.2. The molecule has 0 fully saturated rings. The molecule has 0 aliphatic carbocycles. The maximum absolute atomic E-state index is 14.9. The molecule has 3 N–H and O–H groups in total. The molecule has 0 heterocycles. The number of phenolic OH excluding ortho intramolecular Hbond substituents is 1. The van der Waals surface area contributed by atoms with Crippen LogP contribution in [0.3, 0.4) is 0 Å². The molecule has 2 atom stereocenters. The Hall–Kier alpha value is -4.77. The van der Waals surface area contributed by atoms with E-state index in [0.29, 0.717) is 28.8 Å². The lowest BCUT2D eigenvalue weighted by molar-refractivity contribution is -0.140. The summed E-state index contributed by atoms with van der Waals surface area (Å²) < 4.78 is 5.56. The van der Waals surface area contributed by atoms with Crippen LogP contribution in [0.15, 0.2) is 66.7 Å². The highest BCUT2D eigenvalue weighted by molar-refractivity contribution is 6.00. The summed E-state index contributed by atoms with van der Waals surface area (Å²) in [7, 11) is 0. The maximum atomic E-state index is 14.9. The second-order valence-corrected chi connectivity index (χ2v) is 13.3. The minimum atomic E-state index is -1.10. The predicted molar refractivity (Wildman–Crippen MR) is 192 cm³/mol. The van der Waals surface area contributed by atoms with Gasteiger partial charge in [0.05, 0.1) is 0 Å². The first-order valence-electron chi connectivity index (χ1n) is 16.8. The first-order valence-corrected chi connectivity index (χ1v) is 16.8. The van der Waals surface area contributed by atoms with Gasteiger partial charge in [0.2, 0.25) is 5.91 Å². The molecule has 0 aliphatic heterocycles. The standard InChI is InChI=1S/C40H51N3O5/c1-8-10-11-12-13-16-26-43(38(46)34(41-39(47)48-40(5,6)7)27-30-22-24-32(44)25-23-30)36(33-21-15-14-20-31(33)9-2)37(45)42-35-28(3)18-17-19-29(35)4/h2,14-15,17-25,34,36,44H,8,10-13,16,26-27H2,1,3-7H3,(H,41,47)(H,42,45). The number of ether oxygens (including phenoxy) is 1. The third-order valence-corrected chi connectivity index (χ3v) is 8.10. The molecule has 0 aromatic heterocycles. The zero-order chi connectivity index (χ0) is 35.3. The summed E-state index contributed by atoms with van der Waals surface area (Å²) in [5, 5.41) is 15.8. The molecule has 48 heavy (non-hydrogen) atoms. The highest BCUT2D eigenvalue weighted by atomic mass is 16.6. The third-order valence-electron chi connectivity index (χ3n) is 8.10. The van der Waals surface area contributed by atoms with Crippen molar-refractivity contribution in [1.82, 2.24) is 10.2 Å². The van der Waals surface area contributed by atoms with Crippen LogP contribution in [0.2, 0.25) is 0 Å². The highest BCUT2D eigenvalue weighted by Gasteiger charge is 2.37. The molecule has 0 aliphatic rings. The molecule has 0 saturated heterocycles. The fourth-order valence-electron chi connectivity index (χ4n) is 5.67. The fraction of sp³-hybridized carbons (Fsp3) is 0.425. The van der Waals surface area contributed by atoms with E-state index >= 15 is 0 Å². The van der Waals surface area contributed by atoms with Gasteiger partial charge in [0.15, 0.2) is 0 Å². The molecular weight excluding hydrogens is 602 g/mol. The fourth-order valence-corrected chi connectivity index (χ4v) is 5.67. The molecule has 8 heteroatoms. The Morgan fingerprint density at radius 2 is 1.52 bits per heavy atom. The van der Waals surface area contributed by atoms with E-state index in [1.807, 2.05) is 32.0 Å². The second kappa shape index (κ2) is 18.0. The Morgan fingerprint density at radius 1 is 0.896 bits per heavy atom. The lowest BCUT2D eigenvalue weighted by atomic mass is 9.95. The lowest BCUT2D eigenvalue weighted by Gasteiger charge is -2.35. The maximum Gasteiger partial charge on any atom is 0.408 e. The summed E-state index contributed by atoms with van der Waals surface area (Å²) in [4.78, 5) is 44.1. The Bertz CT molecular complexity index is 1550. The number of aromatic hydroxyl groups is 1. The molecule has 3 aromatic rings. The molecule has 0 saturated carbocycles. The van der Waals surface area contributed by atoms with Gasteiger partial charge < -0.3 is 25.4 Å². The van der Waals surface area contributed by atoms with E-state index in [1.54, 1.807) is 62.1 Å². The van der Waals surface area contributed by atoms with E-state index in [1.165, 1.54) is 12.1 Å². The summed E-state index contributed by atoms with van der Waals surface area (Å²) in [5.41, 5.74) is 3.37. The molecule has 0 spiro atoms. The number of para-hydroxylation sites is 1. The van der Waals surface area contributed by atoms with Crippen molar-refractivity contribution in [1.29, 1.82) is 0 Å². The number of nitrogens with zero attached hydrogens (tertiary/aromatic N) is 1. The summed E-state index contributed by atoms with van der Waals surface area (Å²) in [5.74, 6) is 1.93. The molecule has 3 amide bonds. The number of benzene rings is 3. The minimum Gasteiger partial charge on any atom is -0.508 e. The summed E-state index contributed by atoms with van der Waals surface area (Å²) in [6.07, 6.45) is 11.2. The van der Waals surface area contributed by atoms with Crippen LogP contribution in [0.5, 0.6) is 5.75 Å². The average Bonchev–Trinajstić information content (AvgIpc) is 3.03. The largest absolute Gasteiger partial charge is 0.508 e. The normalized spacial score (nSPS) is 12.4. The van der Waals surface area contributed by atoms with E-state index in [0.717, 1.165) is 43.2 Å². The van der Waals surface area contributed by atoms with Gasteiger partial charge >= 0.3 is 6.09 Å². The van der Waals surface area contributed by atoms with Crippen molar-refractivity contribution in [2.75, 3.05) is 11.9 Å². The van der Waals surface area contributed by atoms with Crippen LogP contribution < -0.4 is 10.6 Å². The number of carbonyl (C=O) groups is 3. The number of carbonyl (C=O) groups excluding carboxylic acids is 3. The predicted octanol–water partition coefficient (Wildman–Crippen LogP) is 8.00. The number of hydrogen-bond acceptors (Lipinski definition) is 5. The van der Waals surface area contributed by atoms with E-state index in [2.05, 4.69) is 23.5 Å². The van der Waals surface area contributed by atoms with Crippen LogP contribution in [0.4, 0.5) is 10.5 Å². The van der Waals surface area contributed by atoms with Gasteiger partial charge in [-0.05, 0) is 81.5 Å². The van der Waals surface area contributed by atoms with Gasteiger partial charge in [-0.25, -0.2) is 4.79 Å².